The van der Waals surface area contributed by atoms with E-state index < -0.39 is 10.0 Å². The van der Waals surface area contributed by atoms with Gasteiger partial charge in [0.05, 0.1) is 15.1 Å². The highest BCUT2D eigenvalue weighted by Gasteiger charge is 2.34. The topological polar surface area (TPSA) is 93.0 Å². The molecule has 1 aromatic heterocycles. The summed E-state index contributed by atoms with van der Waals surface area (Å²) in [6.45, 7) is 3.66. The predicted octanol–water partition coefficient (Wildman–Crippen LogP) is 3.16. The maximum atomic E-state index is 12.8. The fourth-order valence-electron chi connectivity index (χ4n) is 3.00. The van der Waals surface area contributed by atoms with E-state index in [4.69, 9.17) is 44.1 Å². The van der Waals surface area contributed by atoms with Crippen LogP contribution in [0.2, 0.25) is 15.1 Å². The van der Waals surface area contributed by atoms with Crippen molar-refractivity contribution >= 4 is 50.7 Å². The van der Waals surface area contributed by atoms with Gasteiger partial charge in [-0.05, 0) is 19.9 Å². The van der Waals surface area contributed by atoms with Crippen molar-refractivity contribution in [1.82, 2.24) is 14.4 Å². The summed E-state index contributed by atoms with van der Waals surface area (Å²) in [4.78, 5) is 14.0. The van der Waals surface area contributed by atoms with Gasteiger partial charge in [0, 0.05) is 32.2 Å². The average Bonchev–Trinajstić information content (AvgIpc) is 3.02. The lowest BCUT2D eigenvalue weighted by molar-refractivity contribution is -0.134. The van der Waals surface area contributed by atoms with Gasteiger partial charge in [-0.25, -0.2) is 8.42 Å². The van der Waals surface area contributed by atoms with Crippen LogP contribution in [0.15, 0.2) is 21.6 Å². The summed E-state index contributed by atoms with van der Waals surface area (Å²) in [6.07, 6.45) is 0. The zero-order chi connectivity index (χ0) is 21.3. The molecule has 2 aromatic rings. The van der Waals surface area contributed by atoms with Gasteiger partial charge >= 0.3 is 0 Å². The fourth-order valence-corrected chi connectivity index (χ4v) is 5.30. The van der Waals surface area contributed by atoms with Crippen molar-refractivity contribution in [3.63, 3.8) is 0 Å². The number of carbonyl (C=O) groups is 1. The number of halogens is 3. The monoisotopic (exact) mass is 481 g/mol. The minimum atomic E-state index is -3.74. The van der Waals surface area contributed by atoms with Crippen LogP contribution in [-0.4, -0.2) is 61.5 Å². The Hall–Kier alpha value is -1.52. The van der Waals surface area contributed by atoms with Gasteiger partial charge in [-0.15, -0.1) is 0 Å². The number of carbonyl (C=O) groups excluding carboxylic acids is 1. The molecule has 0 bridgehead atoms. The number of hydrogen-bond acceptors (Lipinski definition) is 6. The molecule has 0 unspecified atom stereocenters. The van der Waals surface area contributed by atoms with Gasteiger partial charge in [0.15, 0.2) is 12.4 Å². The number of benzene rings is 1. The molecule has 0 radical (unpaired) electrons. The molecule has 12 heteroatoms. The zero-order valence-corrected chi connectivity index (χ0v) is 18.7. The lowest BCUT2D eigenvalue weighted by Gasteiger charge is -2.33. The Kier molecular flexibility index (Phi) is 6.64. The highest BCUT2D eigenvalue weighted by atomic mass is 35.5. The number of piperazine rings is 1. The second kappa shape index (κ2) is 8.69. The molecular formula is C17H18Cl3N3O5S. The van der Waals surface area contributed by atoms with Crippen molar-refractivity contribution in [2.75, 3.05) is 32.8 Å². The van der Waals surface area contributed by atoms with Crippen molar-refractivity contribution in [1.29, 1.82) is 0 Å². The van der Waals surface area contributed by atoms with Gasteiger partial charge in [0.1, 0.15) is 16.3 Å². The van der Waals surface area contributed by atoms with Gasteiger partial charge in [-0.2, -0.15) is 4.31 Å². The Balaban J connectivity index is 1.59. The normalized spacial score (nSPS) is 15.6. The molecule has 0 atom stereocenters. The lowest BCUT2D eigenvalue weighted by atomic mass is 10.3. The Bertz CT molecular complexity index is 1010. The van der Waals surface area contributed by atoms with Crippen LogP contribution in [0.1, 0.15) is 11.5 Å². The number of aryl methyl sites for hydroxylation is 2. The van der Waals surface area contributed by atoms with Gasteiger partial charge in [0.2, 0.25) is 10.0 Å². The average molecular weight is 483 g/mol. The van der Waals surface area contributed by atoms with E-state index in [2.05, 4.69) is 5.16 Å². The third-order valence-corrected chi connectivity index (χ3v) is 7.64. The molecule has 1 saturated heterocycles. The number of amides is 1. The summed E-state index contributed by atoms with van der Waals surface area (Å²) in [5.74, 6) is 0.198. The van der Waals surface area contributed by atoms with Crippen molar-refractivity contribution in [2.24, 2.45) is 0 Å². The Morgan fingerprint density at radius 3 is 2.31 bits per heavy atom. The molecule has 8 nitrogen and oxygen atoms in total. The fraction of sp³-hybridized carbons (Fsp3) is 0.412. The molecule has 1 fully saturated rings. The van der Waals surface area contributed by atoms with Crippen LogP contribution in [0.3, 0.4) is 0 Å². The first kappa shape index (κ1) is 22.2. The minimum Gasteiger partial charge on any atom is -0.482 e. The van der Waals surface area contributed by atoms with Crippen LogP contribution in [0.5, 0.6) is 5.75 Å². The summed E-state index contributed by atoms with van der Waals surface area (Å²) >= 11 is 17.8. The van der Waals surface area contributed by atoms with E-state index in [0.29, 0.717) is 5.69 Å². The molecular weight excluding hydrogens is 465 g/mol. The highest BCUT2D eigenvalue weighted by Crippen LogP contribution is 2.33. The largest absolute Gasteiger partial charge is 0.482 e. The smallest absolute Gasteiger partial charge is 0.260 e. The molecule has 1 amide bonds. The second-order valence-corrected chi connectivity index (χ2v) is 9.52. The first-order valence-corrected chi connectivity index (χ1v) is 11.2. The van der Waals surface area contributed by atoms with Crippen LogP contribution in [0, 0.1) is 13.8 Å². The van der Waals surface area contributed by atoms with E-state index in [1.807, 2.05) is 0 Å². The van der Waals surface area contributed by atoms with Crippen molar-refractivity contribution in [2.45, 2.75) is 18.7 Å². The van der Waals surface area contributed by atoms with Crippen LogP contribution in [0.4, 0.5) is 0 Å². The van der Waals surface area contributed by atoms with E-state index in [1.54, 1.807) is 13.8 Å². The Morgan fingerprint density at radius 2 is 1.72 bits per heavy atom. The Labute approximate surface area is 183 Å². The number of hydrogen-bond donors (Lipinski definition) is 0. The first-order chi connectivity index (χ1) is 13.6. The van der Waals surface area contributed by atoms with Crippen LogP contribution >= 0.6 is 34.8 Å². The second-order valence-electron chi connectivity index (χ2n) is 6.42. The van der Waals surface area contributed by atoms with Gasteiger partial charge in [-0.1, -0.05) is 40.0 Å². The molecule has 0 N–H and O–H groups in total. The van der Waals surface area contributed by atoms with E-state index in [-0.39, 0.29) is 70.2 Å². The number of sulfonamides is 1. The summed E-state index contributed by atoms with van der Waals surface area (Å²) in [7, 11) is -3.74. The molecule has 29 heavy (non-hydrogen) atoms. The lowest BCUT2D eigenvalue weighted by Crippen LogP contribution is -2.51. The maximum absolute atomic E-state index is 12.8. The van der Waals surface area contributed by atoms with Crippen molar-refractivity contribution in [3.8, 4) is 5.75 Å². The molecule has 1 aliphatic rings. The minimum absolute atomic E-state index is 0.0786. The van der Waals surface area contributed by atoms with Crippen LogP contribution < -0.4 is 4.74 Å². The van der Waals surface area contributed by atoms with E-state index in [0.717, 1.165) is 0 Å². The Morgan fingerprint density at radius 1 is 1.10 bits per heavy atom. The molecule has 3 rings (SSSR count). The molecule has 0 saturated carbocycles. The molecule has 2 heterocycles. The van der Waals surface area contributed by atoms with Crippen LogP contribution in [0.25, 0.3) is 0 Å². The molecule has 0 aliphatic carbocycles. The van der Waals surface area contributed by atoms with E-state index in [9.17, 15) is 13.2 Å². The van der Waals surface area contributed by atoms with Gasteiger partial charge in [0.25, 0.3) is 5.91 Å². The van der Waals surface area contributed by atoms with E-state index >= 15 is 0 Å². The SMILES string of the molecule is Cc1noc(C)c1S(=O)(=O)N1CCN(C(=O)COc2cc(Cl)c(Cl)cc2Cl)CC1. The highest BCUT2D eigenvalue weighted by molar-refractivity contribution is 7.89. The summed E-state index contributed by atoms with van der Waals surface area (Å²) in [5, 5.41) is 4.48. The number of aromatic nitrogens is 1. The molecule has 0 spiro atoms. The standard InChI is InChI=1S/C17H18Cl3N3O5S/c1-10-17(11(2)28-21-10)29(25,26)23-5-3-22(4-6-23)16(24)9-27-15-8-13(19)12(18)7-14(15)20/h7-8H,3-6,9H2,1-2H3. The third kappa shape index (κ3) is 4.64. The van der Waals surface area contributed by atoms with Crippen molar-refractivity contribution < 1.29 is 22.5 Å². The predicted molar refractivity (Wildman–Crippen MR) is 108 cm³/mol. The quantitative estimate of drug-likeness (QED) is 0.608. The van der Waals surface area contributed by atoms with Gasteiger partial charge in [-0.3, -0.25) is 4.79 Å². The van der Waals surface area contributed by atoms with E-state index in [1.165, 1.54) is 21.3 Å². The number of nitrogens with zero attached hydrogens (tertiary/aromatic N) is 3. The molecule has 1 aromatic carbocycles. The molecule has 158 valence electrons. The summed E-state index contributed by atoms with van der Waals surface area (Å²) in [5.41, 5.74) is 0.313. The van der Waals surface area contributed by atoms with Crippen molar-refractivity contribution in [3.05, 3.63) is 38.7 Å². The van der Waals surface area contributed by atoms with Gasteiger partial charge < -0.3 is 14.2 Å². The summed E-state index contributed by atoms with van der Waals surface area (Å²) in [6, 6.07) is 2.87. The maximum Gasteiger partial charge on any atom is 0.260 e. The number of ether oxygens (including phenoxy) is 1. The summed E-state index contributed by atoms with van der Waals surface area (Å²) < 4.78 is 37.4. The van der Waals surface area contributed by atoms with Crippen LogP contribution in [-0.2, 0) is 14.8 Å². The zero-order valence-electron chi connectivity index (χ0n) is 15.6. The third-order valence-electron chi connectivity index (χ3n) is 4.48. The molecule has 1 aliphatic heterocycles. The number of rotatable bonds is 5. The first-order valence-electron chi connectivity index (χ1n) is 8.59.